The molecule has 2 aromatic carbocycles. The monoisotopic (exact) mass is 466 g/mol. The van der Waals surface area contributed by atoms with Gasteiger partial charge in [0.15, 0.2) is 0 Å². The minimum atomic E-state index is -0.461. The Balaban J connectivity index is 0.000000196. The SMILES string of the molecule is Cc1c[nH]c2cccc(/C=C/C(=O)OC(C)(C)C)c12.Cc1c[nH]c2cccc(Br)c12. The van der Waals surface area contributed by atoms with Gasteiger partial charge in [-0.25, -0.2) is 4.79 Å². The predicted octanol–water partition coefficient (Wildman–Crippen LogP) is 7.07. The summed E-state index contributed by atoms with van der Waals surface area (Å²) >= 11 is 3.51. The van der Waals surface area contributed by atoms with Gasteiger partial charge in [-0.05, 0) is 75.6 Å². The van der Waals surface area contributed by atoms with Crippen molar-refractivity contribution in [1.29, 1.82) is 0 Å². The quantitative estimate of drug-likeness (QED) is 0.245. The number of aromatic nitrogens is 2. The molecule has 0 fully saturated rings. The van der Waals surface area contributed by atoms with Crippen LogP contribution >= 0.6 is 15.9 Å². The number of rotatable bonds is 2. The van der Waals surface area contributed by atoms with Crippen molar-refractivity contribution in [2.75, 3.05) is 0 Å². The van der Waals surface area contributed by atoms with Crippen LogP contribution in [0.15, 0.2) is 59.3 Å². The van der Waals surface area contributed by atoms with Crippen molar-refractivity contribution in [1.82, 2.24) is 9.97 Å². The lowest BCUT2D eigenvalue weighted by Crippen LogP contribution is -2.22. The fourth-order valence-corrected chi connectivity index (χ4v) is 4.00. The molecule has 156 valence electrons. The van der Waals surface area contributed by atoms with Gasteiger partial charge < -0.3 is 14.7 Å². The maximum atomic E-state index is 11.7. The number of nitrogens with one attached hydrogen (secondary N) is 2. The number of aryl methyl sites for hydroxylation is 2. The van der Waals surface area contributed by atoms with Crippen LogP contribution in [0.3, 0.4) is 0 Å². The lowest BCUT2D eigenvalue weighted by molar-refractivity contribution is -0.148. The average molecular weight is 467 g/mol. The topological polar surface area (TPSA) is 57.9 Å². The summed E-state index contributed by atoms with van der Waals surface area (Å²) in [6, 6.07) is 12.1. The van der Waals surface area contributed by atoms with Crippen molar-refractivity contribution in [2.24, 2.45) is 0 Å². The van der Waals surface area contributed by atoms with E-state index in [0.29, 0.717) is 0 Å². The van der Waals surface area contributed by atoms with Gasteiger partial charge in [-0.2, -0.15) is 0 Å². The first-order chi connectivity index (χ1) is 14.2. The Hall–Kier alpha value is -2.79. The molecule has 0 atom stereocenters. The first kappa shape index (κ1) is 21.9. The molecule has 0 unspecified atom stereocenters. The highest BCUT2D eigenvalue weighted by Crippen LogP contribution is 2.26. The summed E-state index contributed by atoms with van der Waals surface area (Å²) in [6.45, 7) is 9.72. The molecule has 5 heteroatoms. The summed E-state index contributed by atoms with van der Waals surface area (Å²) in [5.41, 5.74) is 5.27. The summed E-state index contributed by atoms with van der Waals surface area (Å²) in [4.78, 5) is 18.1. The zero-order valence-corrected chi connectivity index (χ0v) is 19.6. The van der Waals surface area contributed by atoms with Crippen LogP contribution in [0.5, 0.6) is 0 Å². The van der Waals surface area contributed by atoms with E-state index in [-0.39, 0.29) is 5.97 Å². The molecule has 2 heterocycles. The van der Waals surface area contributed by atoms with Crippen LogP contribution in [0.25, 0.3) is 27.9 Å². The van der Waals surface area contributed by atoms with Crippen LogP contribution in [0.1, 0.15) is 37.5 Å². The minimum absolute atomic E-state index is 0.322. The molecule has 0 aliphatic heterocycles. The number of aromatic amines is 2. The van der Waals surface area contributed by atoms with Gasteiger partial charge in [0.1, 0.15) is 5.60 Å². The molecule has 0 radical (unpaired) electrons. The molecular formula is C25H27BrN2O2. The smallest absolute Gasteiger partial charge is 0.331 e. The summed E-state index contributed by atoms with van der Waals surface area (Å²) in [5, 5.41) is 2.43. The average Bonchev–Trinajstić information content (AvgIpc) is 3.24. The van der Waals surface area contributed by atoms with Crippen LogP contribution in [-0.4, -0.2) is 21.5 Å². The third-order valence-corrected chi connectivity index (χ3v) is 5.25. The number of carbonyl (C=O) groups excluding carboxylic acids is 1. The Kier molecular flexibility index (Phi) is 6.52. The minimum Gasteiger partial charge on any atom is -0.457 e. The van der Waals surface area contributed by atoms with E-state index in [0.717, 1.165) is 20.9 Å². The molecule has 0 amide bonds. The van der Waals surface area contributed by atoms with Crippen LogP contribution in [0, 0.1) is 13.8 Å². The maximum absolute atomic E-state index is 11.7. The summed E-state index contributed by atoms with van der Waals surface area (Å²) in [5.74, 6) is -0.322. The van der Waals surface area contributed by atoms with Gasteiger partial charge in [-0.3, -0.25) is 0 Å². The highest BCUT2D eigenvalue weighted by Gasteiger charge is 2.14. The van der Waals surface area contributed by atoms with Crippen LogP contribution in [-0.2, 0) is 9.53 Å². The molecule has 0 bridgehead atoms. The molecule has 4 rings (SSSR count). The van der Waals surface area contributed by atoms with Crippen molar-refractivity contribution >= 4 is 49.8 Å². The summed E-state index contributed by atoms with van der Waals surface area (Å²) in [7, 11) is 0. The number of benzene rings is 2. The number of esters is 1. The molecule has 4 nitrogen and oxygen atoms in total. The number of halogens is 1. The molecule has 0 spiro atoms. The molecule has 0 aliphatic rings. The summed E-state index contributed by atoms with van der Waals surface area (Å²) in [6.07, 6.45) is 7.27. The van der Waals surface area contributed by atoms with Crippen molar-refractivity contribution in [3.63, 3.8) is 0 Å². The number of hydrogen-bond acceptors (Lipinski definition) is 2. The van der Waals surface area contributed by atoms with Gasteiger partial charge >= 0.3 is 5.97 Å². The Labute approximate surface area is 185 Å². The van der Waals surface area contributed by atoms with Crippen LogP contribution in [0.4, 0.5) is 0 Å². The molecular weight excluding hydrogens is 440 g/mol. The van der Waals surface area contributed by atoms with E-state index >= 15 is 0 Å². The maximum Gasteiger partial charge on any atom is 0.331 e. The third kappa shape index (κ3) is 5.22. The molecule has 4 aromatic rings. The second-order valence-corrected chi connectivity index (χ2v) is 9.10. The number of hydrogen-bond donors (Lipinski definition) is 2. The Morgan fingerprint density at radius 1 is 0.933 bits per heavy atom. The Morgan fingerprint density at radius 2 is 1.50 bits per heavy atom. The molecule has 0 aliphatic carbocycles. The van der Waals surface area contributed by atoms with Crippen molar-refractivity contribution < 1.29 is 9.53 Å². The highest BCUT2D eigenvalue weighted by atomic mass is 79.9. The third-order valence-electron chi connectivity index (χ3n) is 4.59. The highest BCUT2D eigenvalue weighted by molar-refractivity contribution is 9.10. The van der Waals surface area contributed by atoms with E-state index in [1.807, 2.05) is 64.4 Å². The Bertz CT molecular complexity index is 1210. The van der Waals surface area contributed by atoms with E-state index in [1.54, 1.807) is 6.08 Å². The van der Waals surface area contributed by atoms with Gasteiger partial charge in [-0.15, -0.1) is 0 Å². The summed E-state index contributed by atoms with van der Waals surface area (Å²) < 4.78 is 6.41. The number of ether oxygens (including phenoxy) is 1. The van der Waals surface area contributed by atoms with Gasteiger partial charge in [-0.1, -0.05) is 34.1 Å². The fourth-order valence-electron chi connectivity index (χ4n) is 3.32. The first-order valence-corrected chi connectivity index (χ1v) is 10.6. The molecule has 0 saturated carbocycles. The van der Waals surface area contributed by atoms with Crippen molar-refractivity contribution in [3.05, 3.63) is 76.0 Å². The van der Waals surface area contributed by atoms with E-state index in [4.69, 9.17) is 4.74 Å². The normalized spacial score (nSPS) is 11.7. The number of H-pyrrole nitrogens is 2. The van der Waals surface area contributed by atoms with Crippen molar-refractivity contribution in [2.45, 2.75) is 40.2 Å². The zero-order valence-electron chi connectivity index (χ0n) is 18.0. The lowest BCUT2D eigenvalue weighted by atomic mass is 10.1. The molecule has 30 heavy (non-hydrogen) atoms. The second kappa shape index (κ2) is 8.92. The van der Waals surface area contributed by atoms with Crippen LogP contribution in [0.2, 0.25) is 0 Å². The van der Waals surface area contributed by atoms with E-state index in [9.17, 15) is 4.79 Å². The standard InChI is InChI=1S/C16H19NO2.C9H8BrN/c1-11-10-17-13-7-5-6-12(15(11)13)8-9-14(18)19-16(2,3)4;1-6-5-11-8-4-2-3-7(10)9(6)8/h5-10,17H,1-4H3;2-5,11H,1H3/b9-8+;. The first-order valence-electron chi connectivity index (χ1n) is 9.85. The van der Waals surface area contributed by atoms with E-state index in [2.05, 4.69) is 45.0 Å². The zero-order chi connectivity index (χ0) is 21.9. The second-order valence-electron chi connectivity index (χ2n) is 8.24. The molecule has 2 aromatic heterocycles. The van der Waals surface area contributed by atoms with Gasteiger partial charge in [0.25, 0.3) is 0 Å². The number of fused-ring (bicyclic) bond motifs is 2. The lowest BCUT2D eigenvalue weighted by Gasteiger charge is -2.17. The van der Waals surface area contributed by atoms with Gasteiger partial charge in [0.05, 0.1) is 0 Å². The largest absolute Gasteiger partial charge is 0.457 e. The number of carbonyl (C=O) groups is 1. The molecule has 2 N–H and O–H groups in total. The van der Waals surface area contributed by atoms with E-state index in [1.165, 1.54) is 28.1 Å². The molecule has 0 saturated heterocycles. The predicted molar refractivity (Wildman–Crippen MR) is 129 cm³/mol. The van der Waals surface area contributed by atoms with Gasteiger partial charge in [0.2, 0.25) is 0 Å². The fraction of sp³-hybridized carbons (Fsp3) is 0.240. The van der Waals surface area contributed by atoms with E-state index < -0.39 is 5.60 Å². The van der Waals surface area contributed by atoms with Crippen molar-refractivity contribution in [3.8, 4) is 0 Å². The Morgan fingerprint density at radius 3 is 2.10 bits per heavy atom. The van der Waals surface area contributed by atoms with Gasteiger partial charge in [0, 0.05) is 44.7 Å². The van der Waals surface area contributed by atoms with Crippen LogP contribution < -0.4 is 0 Å².